The summed E-state index contributed by atoms with van der Waals surface area (Å²) in [5.41, 5.74) is 1.80. The van der Waals surface area contributed by atoms with E-state index in [-0.39, 0.29) is 5.28 Å². The maximum Gasteiger partial charge on any atom is 0.224 e. The summed E-state index contributed by atoms with van der Waals surface area (Å²) < 4.78 is 0.954. The van der Waals surface area contributed by atoms with Gasteiger partial charge in [-0.15, -0.1) is 0 Å². The number of aryl methyl sites for hydroxylation is 1. The minimum absolute atomic E-state index is 0.174. The molecule has 5 heteroatoms. The van der Waals surface area contributed by atoms with E-state index in [0.717, 1.165) is 20.9 Å². The van der Waals surface area contributed by atoms with Gasteiger partial charge in [-0.2, -0.15) is 0 Å². The summed E-state index contributed by atoms with van der Waals surface area (Å²) in [6.07, 6.45) is 0. The van der Waals surface area contributed by atoms with Crippen LogP contribution in [0.25, 0.3) is 10.9 Å². The highest BCUT2D eigenvalue weighted by Crippen LogP contribution is 2.27. The zero-order valence-corrected chi connectivity index (χ0v) is 12.3. The molecule has 16 heavy (non-hydrogen) atoms. The number of hydrogen-bond donors (Lipinski definition) is 0. The lowest BCUT2D eigenvalue weighted by molar-refractivity contribution is 1.21. The van der Waals surface area contributed by atoms with Crippen molar-refractivity contribution in [2.45, 2.75) is 20.8 Å². The fourth-order valence-corrected chi connectivity index (χ4v) is 2.31. The number of benzene rings is 1. The molecule has 0 spiro atoms. The quantitative estimate of drug-likeness (QED) is 0.502. The van der Waals surface area contributed by atoms with E-state index < -0.39 is 0 Å². The van der Waals surface area contributed by atoms with E-state index in [0.29, 0.717) is 5.15 Å². The van der Waals surface area contributed by atoms with Gasteiger partial charge in [0.15, 0.2) is 0 Å². The van der Waals surface area contributed by atoms with E-state index in [4.69, 9.17) is 23.2 Å². The van der Waals surface area contributed by atoms with Gasteiger partial charge in [0.05, 0.1) is 5.52 Å². The summed E-state index contributed by atoms with van der Waals surface area (Å²) in [6, 6.07) is 3.84. The van der Waals surface area contributed by atoms with Crippen LogP contribution in [0.3, 0.4) is 0 Å². The maximum absolute atomic E-state index is 5.95. The van der Waals surface area contributed by atoms with Crippen molar-refractivity contribution >= 4 is 50.0 Å². The molecule has 0 fully saturated rings. The first kappa shape index (κ1) is 13.7. The molecule has 0 N–H and O–H groups in total. The molecule has 0 unspecified atom stereocenters. The van der Waals surface area contributed by atoms with Gasteiger partial charge in [-0.05, 0) is 36.2 Å². The maximum atomic E-state index is 5.95. The second-order valence-electron chi connectivity index (χ2n) is 2.90. The molecule has 0 saturated carbocycles. The van der Waals surface area contributed by atoms with Gasteiger partial charge in [0.1, 0.15) is 5.15 Å². The summed E-state index contributed by atoms with van der Waals surface area (Å²) in [6.45, 7) is 5.95. The van der Waals surface area contributed by atoms with E-state index in [1.807, 2.05) is 32.9 Å². The van der Waals surface area contributed by atoms with Crippen LogP contribution in [0.4, 0.5) is 0 Å². The first-order valence-electron chi connectivity index (χ1n) is 4.87. The van der Waals surface area contributed by atoms with Crippen molar-refractivity contribution in [3.8, 4) is 0 Å². The number of hydrogen-bond acceptors (Lipinski definition) is 2. The van der Waals surface area contributed by atoms with Crippen molar-refractivity contribution in [1.82, 2.24) is 9.97 Å². The Morgan fingerprint density at radius 2 is 1.75 bits per heavy atom. The Balaban J connectivity index is 0.000000606. The highest BCUT2D eigenvalue weighted by molar-refractivity contribution is 9.10. The van der Waals surface area contributed by atoms with E-state index >= 15 is 0 Å². The Kier molecular flexibility index (Phi) is 4.96. The monoisotopic (exact) mass is 320 g/mol. The third kappa shape index (κ3) is 2.84. The van der Waals surface area contributed by atoms with Crippen LogP contribution in [0, 0.1) is 6.92 Å². The van der Waals surface area contributed by atoms with Crippen molar-refractivity contribution in [2.24, 2.45) is 0 Å². The molecule has 0 bridgehead atoms. The molecule has 0 atom stereocenters. The molecule has 0 amide bonds. The number of aromatic nitrogens is 2. The van der Waals surface area contributed by atoms with Gasteiger partial charge >= 0.3 is 0 Å². The van der Waals surface area contributed by atoms with Crippen molar-refractivity contribution < 1.29 is 0 Å². The van der Waals surface area contributed by atoms with Gasteiger partial charge in [-0.1, -0.05) is 41.4 Å². The van der Waals surface area contributed by atoms with E-state index in [2.05, 4.69) is 25.9 Å². The number of fused-ring (bicyclic) bond motifs is 1. The Hall–Kier alpha value is -0.380. The average molecular weight is 322 g/mol. The molecule has 2 rings (SSSR count). The van der Waals surface area contributed by atoms with Crippen LogP contribution in [0.2, 0.25) is 10.4 Å². The molecule has 1 aromatic heterocycles. The first-order valence-corrected chi connectivity index (χ1v) is 6.42. The van der Waals surface area contributed by atoms with Crippen LogP contribution in [-0.4, -0.2) is 9.97 Å². The van der Waals surface area contributed by atoms with E-state index in [9.17, 15) is 0 Å². The van der Waals surface area contributed by atoms with Crippen LogP contribution in [0.15, 0.2) is 16.6 Å². The van der Waals surface area contributed by atoms with Crippen LogP contribution in [-0.2, 0) is 0 Å². The SMILES string of the molecule is CC.Cc1cc(Br)cc2c(Cl)nc(Cl)nc12. The van der Waals surface area contributed by atoms with Crippen molar-refractivity contribution in [2.75, 3.05) is 0 Å². The Bertz CT molecular complexity index is 468. The van der Waals surface area contributed by atoms with Crippen molar-refractivity contribution in [3.63, 3.8) is 0 Å². The second-order valence-corrected chi connectivity index (χ2v) is 4.51. The average Bonchev–Trinajstić information content (AvgIpc) is 2.23. The molecule has 0 radical (unpaired) electrons. The standard InChI is InChI=1S/C9H5BrCl2N2.C2H6/c1-4-2-5(10)3-6-7(4)13-9(12)14-8(6)11;1-2/h2-3H,1H3;1-2H3. The molecule has 86 valence electrons. The van der Waals surface area contributed by atoms with Crippen molar-refractivity contribution in [1.29, 1.82) is 0 Å². The fraction of sp³-hybridized carbons (Fsp3) is 0.273. The zero-order valence-electron chi connectivity index (χ0n) is 9.18. The Morgan fingerprint density at radius 1 is 1.12 bits per heavy atom. The normalized spacial score (nSPS) is 9.88. The smallest absolute Gasteiger partial charge is 0.218 e. The van der Waals surface area contributed by atoms with Crippen molar-refractivity contribution in [3.05, 3.63) is 32.6 Å². The Labute approximate surface area is 113 Å². The first-order chi connectivity index (χ1) is 7.58. The van der Waals surface area contributed by atoms with Gasteiger partial charge in [-0.3, -0.25) is 0 Å². The van der Waals surface area contributed by atoms with Crippen LogP contribution < -0.4 is 0 Å². The largest absolute Gasteiger partial charge is 0.224 e. The summed E-state index contributed by atoms with van der Waals surface area (Å²) >= 11 is 15.1. The summed E-state index contributed by atoms with van der Waals surface area (Å²) in [5.74, 6) is 0. The minimum Gasteiger partial charge on any atom is -0.218 e. The van der Waals surface area contributed by atoms with E-state index in [1.54, 1.807) is 0 Å². The third-order valence-electron chi connectivity index (χ3n) is 1.88. The molecule has 1 heterocycles. The lowest BCUT2D eigenvalue weighted by Gasteiger charge is -2.04. The summed E-state index contributed by atoms with van der Waals surface area (Å²) in [4.78, 5) is 8.01. The molecular weight excluding hydrogens is 311 g/mol. The topological polar surface area (TPSA) is 25.8 Å². The van der Waals surface area contributed by atoms with Gasteiger partial charge in [0.25, 0.3) is 0 Å². The molecule has 0 aliphatic heterocycles. The highest BCUT2D eigenvalue weighted by Gasteiger charge is 2.07. The van der Waals surface area contributed by atoms with Gasteiger partial charge < -0.3 is 0 Å². The summed E-state index contributed by atoms with van der Waals surface area (Å²) in [5, 5.41) is 1.36. The van der Waals surface area contributed by atoms with Gasteiger partial charge in [0, 0.05) is 9.86 Å². The minimum atomic E-state index is 0.174. The molecule has 1 aromatic carbocycles. The molecular formula is C11H11BrCl2N2. The van der Waals surface area contributed by atoms with E-state index in [1.165, 1.54) is 0 Å². The van der Waals surface area contributed by atoms with Gasteiger partial charge in [-0.25, -0.2) is 9.97 Å². The van der Waals surface area contributed by atoms with Crippen LogP contribution >= 0.6 is 39.1 Å². The molecule has 2 nitrogen and oxygen atoms in total. The molecule has 0 aliphatic rings. The van der Waals surface area contributed by atoms with Gasteiger partial charge in [0.2, 0.25) is 5.28 Å². The lowest BCUT2D eigenvalue weighted by Crippen LogP contribution is -1.89. The molecule has 0 aliphatic carbocycles. The predicted octanol–water partition coefficient (Wildman–Crippen LogP) is 5.03. The second kappa shape index (κ2) is 5.80. The zero-order chi connectivity index (χ0) is 12.3. The predicted molar refractivity (Wildman–Crippen MR) is 73.3 cm³/mol. The number of halogens is 3. The Morgan fingerprint density at radius 3 is 2.38 bits per heavy atom. The molecule has 0 saturated heterocycles. The number of nitrogens with zero attached hydrogens (tertiary/aromatic N) is 2. The lowest BCUT2D eigenvalue weighted by atomic mass is 10.1. The van der Waals surface area contributed by atoms with Crippen LogP contribution in [0.5, 0.6) is 0 Å². The summed E-state index contributed by atoms with van der Waals surface area (Å²) in [7, 11) is 0. The third-order valence-corrected chi connectivity index (χ3v) is 2.80. The number of rotatable bonds is 0. The highest BCUT2D eigenvalue weighted by atomic mass is 79.9. The fourth-order valence-electron chi connectivity index (χ4n) is 1.30. The molecule has 2 aromatic rings. The van der Waals surface area contributed by atoms with Crippen LogP contribution in [0.1, 0.15) is 19.4 Å².